The molecule has 4 rings (SSSR count). The third-order valence-electron chi connectivity index (χ3n) is 6.56. The van der Waals surface area contributed by atoms with Gasteiger partial charge in [-0.3, -0.25) is 4.79 Å². The molecule has 1 heterocycles. The van der Waals surface area contributed by atoms with Crippen LogP contribution in [0.3, 0.4) is 0 Å². The van der Waals surface area contributed by atoms with E-state index in [0.29, 0.717) is 6.54 Å². The minimum Gasteiger partial charge on any atom is -0.356 e. The van der Waals surface area contributed by atoms with Gasteiger partial charge in [0.05, 0.1) is 0 Å². The molecule has 0 bridgehead atoms. The van der Waals surface area contributed by atoms with Crippen LogP contribution < -0.4 is 10.6 Å². The highest BCUT2D eigenvalue weighted by molar-refractivity contribution is 5.73. The van der Waals surface area contributed by atoms with Gasteiger partial charge in [-0.2, -0.15) is 0 Å². The Morgan fingerprint density at radius 1 is 1.03 bits per heavy atom. The zero-order valence-electron chi connectivity index (χ0n) is 19.1. The summed E-state index contributed by atoms with van der Waals surface area (Å²) in [5.74, 6) is -0.869. The minimum atomic E-state index is -0.523. The molecule has 33 heavy (non-hydrogen) atoms. The highest BCUT2D eigenvalue weighted by Crippen LogP contribution is 2.40. The summed E-state index contributed by atoms with van der Waals surface area (Å²) in [5.41, 5.74) is 6.57. The van der Waals surface area contributed by atoms with Gasteiger partial charge < -0.3 is 10.6 Å². The first-order chi connectivity index (χ1) is 15.9. The van der Waals surface area contributed by atoms with Crippen LogP contribution in [0.2, 0.25) is 0 Å². The molecular weight excluding hydrogens is 418 g/mol. The van der Waals surface area contributed by atoms with Gasteiger partial charge in [-0.1, -0.05) is 42.5 Å². The zero-order valence-corrected chi connectivity index (χ0v) is 19.1. The number of hydrogen-bond donors (Lipinski definition) is 2. The lowest BCUT2D eigenvalue weighted by atomic mass is 9.75. The molecule has 0 aromatic heterocycles. The number of piperidine rings is 1. The standard InChI is InChI=1S/C28H30F2N2O/c1-18-13-21(26-6-4-3-5-20(26)9-12-32-19(2)33)7-8-25(18)28-17-31-11-10-27(28)22-14-23(29)16-24(30)15-22/h3-8,13-16,27-28,31H,9-12,17H2,1-2H3,(H,32,33)/t27-,28-/m1/s1. The van der Waals surface area contributed by atoms with Crippen molar-refractivity contribution in [2.24, 2.45) is 0 Å². The highest BCUT2D eigenvalue weighted by atomic mass is 19.1. The molecule has 3 aromatic rings. The van der Waals surface area contributed by atoms with Crippen molar-refractivity contribution in [3.05, 3.63) is 94.6 Å². The number of aryl methyl sites for hydroxylation is 1. The molecule has 1 amide bonds. The summed E-state index contributed by atoms with van der Waals surface area (Å²) in [6, 6.07) is 18.6. The Labute approximate surface area is 194 Å². The second kappa shape index (κ2) is 10.3. The van der Waals surface area contributed by atoms with Gasteiger partial charge in [-0.05, 0) is 77.7 Å². The molecule has 1 saturated heterocycles. The number of benzene rings is 3. The summed E-state index contributed by atoms with van der Waals surface area (Å²) in [6.07, 6.45) is 1.59. The van der Waals surface area contributed by atoms with Crippen molar-refractivity contribution in [2.75, 3.05) is 19.6 Å². The second-order valence-electron chi connectivity index (χ2n) is 8.87. The predicted molar refractivity (Wildman–Crippen MR) is 128 cm³/mol. The van der Waals surface area contributed by atoms with Crippen LogP contribution >= 0.6 is 0 Å². The minimum absolute atomic E-state index is 0.0264. The molecule has 0 aliphatic carbocycles. The number of hydrogen-bond acceptors (Lipinski definition) is 2. The second-order valence-corrected chi connectivity index (χ2v) is 8.87. The van der Waals surface area contributed by atoms with Crippen LogP contribution in [0.4, 0.5) is 8.78 Å². The summed E-state index contributed by atoms with van der Waals surface area (Å²) in [7, 11) is 0. The van der Waals surface area contributed by atoms with Crippen molar-refractivity contribution < 1.29 is 13.6 Å². The lowest BCUT2D eigenvalue weighted by Crippen LogP contribution is -2.34. The van der Waals surface area contributed by atoms with Gasteiger partial charge in [-0.15, -0.1) is 0 Å². The highest BCUT2D eigenvalue weighted by Gasteiger charge is 2.29. The largest absolute Gasteiger partial charge is 0.356 e. The van der Waals surface area contributed by atoms with Gasteiger partial charge in [-0.25, -0.2) is 8.78 Å². The van der Waals surface area contributed by atoms with E-state index in [4.69, 9.17) is 0 Å². The van der Waals surface area contributed by atoms with Crippen molar-refractivity contribution in [3.8, 4) is 11.1 Å². The SMILES string of the molecule is CC(=O)NCCc1ccccc1-c1ccc([C@H]2CNCC[C@@H]2c2cc(F)cc(F)c2)c(C)c1. The molecule has 0 saturated carbocycles. The van der Waals surface area contributed by atoms with Gasteiger partial charge in [0.1, 0.15) is 11.6 Å². The van der Waals surface area contributed by atoms with Gasteiger partial charge >= 0.3 is 0 Å². The first kappa shape index (κ1) is 23.1. The molecule has 172 valence electrons. The number of rotatable bonds is 6. The van der Waals surface area contributed by atoms with Crippen LogP contribution in [0.15, 0.2) is 60.7 Å². The monoisotopic (exact) mass is 448 g/mol. The Hall–Kier alpha value is -3.05. The number of carbonyl (C=O) groups is 1. The molecule has 5 heteroatoms. The summed E-state index contributed by atoms with van der Waals surface area (Å²) in [5, 5.41) is 6.32. The molecule has 1 fully saturated rings. The normalized spacial score (nSPS) is 18.2. The number of nitrogens with one attached hydrogen (secondary N) is 2. The molecule has 3 aromatic carbocycles. The average molecular weight is 449 g/mol. The maximum absolute atomic E-state index is 13.9. The van der Waals surface area contributed by atoms with Crippen molar-refractivity contribution in [2.45, 2.75) is 38.5 Å². The molecule has 1 aliphatic heterocycles. The van der Waals surface area contributed by atoms with Gasteiger partial charge in [0.2, 0.25) is 5.91 Å². The molecule has 1 aliphatic rings. The number of carbonyl (C=O) groups excluding carboxylic acids is 1. The Morgan fingerprint density at radius 2 is 1.79 bits per heavy atom. The summed E-state index contributed by atoms with van der Waals surface area (Å²) in [6.45, 7) is 5.84. The predicted octanol–water partition coefficient (Wildman–Crippen LogP) is 5.48. The molecular formula is C28H30F2N2O. The van der Waals surface area contributed by atoms with E-state index in [0.717, 1.165) is 48.7 Å². The maximum Gasteiger partial charge on any atom is 0.216 e. The fourth-order valence-corrected chi connectivity index (χ4v) is 5.03. The van der Waals surface area contributed by atoms with Crippen LogP contribution in [0, 0.1) is 18.6 Å². The smallest absolute Gasteiger partial charge is 0.216 e. The molecule has 2 N–H and O–H groups in total. The molecule has 0 spiro atoms. The van der Waals surface area contributed by atoms with Crippen molar-refractivity contribution in [1.82, 2.24) is 10.6 Å². The summed E-state index contributed by atoms with van der Waals surface area (Å²) in [4.78, 5) is 11.2. The molecule has 2 atom stereocenters. The lowest BCUT2D eigenvalue weighted by molar-refractivity contribution is -0.118. The zero-order chi connectivity index (χ0) is 23.4. The van der Waals surface area contributed by atoms with Gasteiger partial charge in [0.15, 0.2) is 0 Å². The summed E-state index contributed by atoms with van der Waals surface area (Å²) >= 11 is 0. The van der Waals surface area contributed by atoms with Gasteiger partial charge in [0.25, 0.3) is 0 Å². The van der Waals surface area contributed by atoms with Crippen molar-refractivity contribution in [1.29, 1.82) is 0 Å². The Balaban J connectivity index is 1.63. The molecule has 0 radical (unpaired) electrons. The first-order valence-corrected chi connectivity index (χ1v) is 11.5. The molecule has 0 unspecified atom stereocenters. The lowest BCUT2D eigenvalue weighted by Gasteiger charge is -2.34. The summed E-state index contributed by atoms with van der Waals surface area (Å²) < 4.78 is 27.8. The number of halogens is 2. The average Bonchev–Trinajstić information content (AvgIpc) is 2.78. The van der Waals surface area contributed by atoms with E-state index >= 15 is 0 Å². The number of amides is 1. The third-order valence-corrected chi connectivity index (χ3v) is 6.56. The van der Waals surface area contributed by atoms with E-state index in [-0.39, 0.29) is 17.7 Å². The van der Waals surface area contributed by atoms with E-state index < -0.39 is 11.6 Å². The van der Waals surface area contributed by atoms with Crippen LogP contribution in [0.1, 0.15) is 47.4 Å². The van der Waals surface area contributed by atoms with Crippen molar-refractivity contribution >= 4 is 5.91 Å². The van der Waals surface area contributed by atoms with Crippen LogP contribution in [0.5, 0.6) is 0 Å². The topological polar surface area (TPSA) is 41.1 Å². The quantitative estimate of drug-likeness (QED) is 0.524. The van der Waals surface area contributed by atoms with Crippen molar-refractivity contribution in [3.63, 3.8) is 0 Å². The van der Waals surface area contributed by atoms with Gasteiger partial charge in [0, 0.05) is 32.0 Å². The van der Waals surface area contributed by atoms with E-state index in [2.05, 4.69) is 47.9 Å². The molecule has 3 nitrogen and oxygen atoms in total. The van der Waals surface area contributed by atoms with E-state index in [1.807, 2.05) is 12.1 Å². The Morgan fingerprint density at radius 3 is 2.52 bits per heavy atom. The van der Waals surface area contributed by atoms with E-state index in [1.54, 1.807) is 0 Å². The van der Waals surface area contributed by atoms with E-state index in [9.17, 15) is 13.6 Å². The fourth-order valence-electron chi connectivity index (χ4n) is 5.03. The maximum atomic E-state index is 13.9. The van der Waals surface area contributed by atoms with Crippen LogP contribution in [-0.2, 0) is 11.2 Å². The first-order valence-electron chi connectivity index (χ1n) is 11.5. The van der Waals surface area contributed by atoms with Crippen LogP contribution in [0.25, 0.3) is 11.1 Å². The third kappa shape index (κ3) is 5.48. The van der Waals surface area contributed by atoms with E-state index in [1.165, 1.54) is 35.7 Å². The Kier molecular flexibility index (Phi) is 7.19. The van der Waals surface area contributed by atoms with Crippen LogP contribution in [-0.4, -0.2) is 25.5 Å². The fraction of sp³-hybridized carbons (Fsp3) is 0.321. The Bertz CT molecular complexity index is 1120.